The summed E-state index contributed by atoms with van der Waals surface area (Å²) in [5.41, 5.74) is -0.0457. The molecule has 2 amide bonds. The first-order chi connectivity index (χ1) is 10.3. The van der Waals surface area contributed by atoms with Gasteiger partial charge in [0.05, 0.1) is 25.3 Å². The lowest BCUT2D eigenvalue weighted by Crippen LogP contribution is -2.57. The minimum Gasteiger partial charge on any atom is -0.450 e. The molecule has 0 unspecified atom stereocenters. The number of amides is 2. The first kappa shape index (κ1) is 16.9. The van der Waals surface area contributed by atoms with Gasteiger partial charge in [-0.25, -0.2) is 9.59 Å². The molecule has 2 rings (SSSR count). The van der Waals surface area contributed by atoms with Crippen molar-refractivity contribution in [3.8, 4) is 0 Å². The van der Waals surface area contributed by atoms with E-state index in [1.807, 2.05) is 0 Å². The Morgan fingerprint density at radius 2 is 1.59 bits per heavy atom. The minimum absolute atomic E-state index is 0.0291. The Hall–Kier alpha value is -1.46. The molecule has 4 atom stereocenters. The molecule has 2 aliphatic rings. The summed E-state index contributed by atoms with van der Waals surface area (Å²) >= 11 is 0. The van der Waals surface area contributed by atoms with Gasteiger partial charge in [0, 0.05) is 0 Å². The van der Waals surface area contributed by atoms with Crippen molar-refractivity contribution in [2.75, 3.05) is 13.2 Å². The highest BCUT2D eigenvalue weighted by molar-refractivity contribution is 5.70. The fourth-order valence-electron chi connectivity index (χ4n) is 4.42. The summed E-state index contributed by atoms with van der Waals surface area (Å²) in [6.45, 7) is 10.9. The van der Waals surface area contributed by atoms with E-state index in [-0.39, 0.29) is 22.9 Å². The van der Waals surface area contributed by atoms with E-state index in [0.717, 1.165) is 12.8 Å². The number of nitrogens with one attached hydrogen (secondary N) is 2. The van der Waals surface area contributed by atoms with Crippen LogP contribution in [0.15, 0.2) is 0 Å². The normalized spacial score (nSPS) is 35.0. The molecule has 0 saturated heterocycles. The van der Waals surface area contributed by atoms with Crippen molar-refractivity contribution in [2.45, 2.75) is 59.5 Å². The van der Waals surface area contributed by atoms with Gasteiger partial charge in [0.2, 0.25) is 0 Å². The number of carbonyl (C=O) groups excluding carboxylic acids is 2. The molecule has 0 heterocycles. The van der Waals surface area contributed by atoms with E-state index in [0.29, 0.717) is 19.1 Å². The van der Waals surface area contributed by atoms with Crippen LogP contribution in [0.1, 0.15) is 47.5 Å². The molecule has 22 heavy (non-hydrogen) atoms. The van der Waals surface area contributed by atoms with Gasteiger partial charge in [-0.15, -0.1) is 0 Å². The Morgan fingerprint density at radius 1 is 1.05 bits per heavy atom. The zero-order valence-electron chi connectivity index (χ0n) is 14.2. The third-order valence-corrected chi connectivity index (χ3v) is 5.96. The van der Waals surface area contributed by atoms with E-state index in [2.05, 4.69) is 31.4 Å². The zero-order valence-corrected chi connectivity index (χ0v) is 14.2. The zero-order chi connectivity index (χ0) is 16.5. The fourth-order valence-corrected chi connectivity index (χ4v) is 4.42. The first-order valence-electron chi connectivity index (χ1n) is 8.14. The molecule has 2 bridgehead atoms. The van der Waals surface area contributed by atoms with Gasteiger partial charge in [0.15, 0.2) is 0 Å². The van der Waals surface area contributed by atoms with Gasteiger partial charge in [-0.2, -0.15) is 0 Å². The number of ether oxygens (including phenoxy) is 2. The van der Waals surface area contributed by atoms with Gasteiger partial charge in [-0.05, 0) is 43.4 Å². The van der Waals surface area contributed by atoms with Crippen LogP contribution in [0, 0.1) is 16.7 Å². The Morgan fingerprint density at radius 3 is 2.14 bits per heavy atom. The minimum atomic E-state index is -0.423. The maximum atomic E-state index is 11.9. The molecule has 126 valence electrons. The molecule has 2 fully saturated rings. The molecule has 2 N–H and O–H groups in total. The summed E-state index contributed by atoms with van der Waals surface area (Å²) in [6, 6.07) is -0.276. The number of hydrogen-bond acceptors (Lipinski definition) is 4. The number of rotatable bonds is 4. The summed E-state index contributed by atoms with van der Waals surface area (Å²) in [4.78, 5) is 23.8. The maximum Gasteiger partial charge on any atom is 0.407 e. The number of alkyl carbamates (subject to hydrolysis) is 2. The summed E-state index contributed by atoms with van der Waals surface area (Å²) < 4.78 is 10.1. The summed E-state index contributed by atoms with van der Waals surface area (Å²) in [5.74, 6) is 0.314. The molecule has 0 radical (unpaired) electrons. The highest BCUT2D eigenvalue weighted by Crippen LogP contribution is 2.65. The van der Waals surface area contributed by atoms with E-state index < -0.39 is 12.2 Å². The van der Waals surface area contributed by atoms with Crippen LogP contribution in [0.2, 0.25) is 0 Å². The number of fused-ring (bicyclic) bond motifs is 2. The standard InChI is InChI=1S/C16H28N2O4/c1-6-21-13(19)17-11-10-8-9-16(5,15(10,3)4)12(11)18-14(20)22-7-2/h10-12H,6-9H2,1-5H3,(H,17,19)(H,18,20)/t10-,11-,12+,16+/m1/s1. The topological polar surface area (TPSA) is 76.7 Å². The van der Waals surface area contributed by atoms with Gasteiger partial charge < -0.3 is 20.1 Å². The average Bonchev–Trinajstić information content (AvgIpc) is 2.73. The Labute approximate surface area is 132 Å². The molecule has 0 spiro atoms. The van der Waals surface area contributed by atoms with E-state index in [1.54, 1.807) is 13.8 Å². The van der Waals surface area contributed by atoms with Gasteiger partial charge in [-0.3, -0.25) is 0 Å². The van der Waals surface area contributed by atoms with Crippen LogP contribution in [0.25, 0.3) is 0 Å². The molecule has 0 aromatic rings. The van der Waals surface area contributed by atoms with Crippen LogP contribution in [0.3, 0.4) is 0 Å². The van der Waals surface area contributed by atoms with Crippen molar-refractivity contribution < 1.29 is 19.1 Å². The third-order valence-electron chi connectivity index (χ3n) is 5.96. The van der Waals surface area contributed by atoms with Gasteiger partial charge in [0.1, 0.15) is 0 Å². The van der Waals surface area contributed by atoms with Crippen molar-refractivity contribution in [3.63, 3.8) is 0 Å². The van der Waals surface area contributed by atoms with Crippen LogP contribution in [0.5, 0.6) is 0 Å². The Balaban J connectivity index is 2.21. The maximum absolute atomic E-state index is 11.9. The van der Waals surface area contributed by atoms with Crippen molar-refractivity contribution in [1.82, 2.24) is 10.6 Å². The number of hydrogen-bond donors (Lipinski definition) is 2. The van der Waals surface area contributed by atoms with E-state index in [9.17, 15) is 9.59 Å². The first-order valence-corrected chi connectivity index (χ1v) is 8.14. The highest BCUT2D eigenvalue weighted by atomic mass is 16.6. The van der Waals surface area contributed by atoms with E-state index in [4.69, 9.17) is 9.47 Å². The van der Waals surface area contributed by atoms with Crippen molar-refractivity contribution in [1.29, 1.82) is 0 Å². The summed E-state index contributed by atoms with van der Waals surface area (Å²) in [7, 11) is 0. The fraction of sp³-hybridized carbons (Fsp3) is 0.875. The van der Waals surface area contributed by atoms with Crippen LogP contribution in [-0.2, 0) is 9.47 Å². The second-order valence-corrected chi connectivity index (χ2v) is 7.02. The second kappa shape index (κ2) is 5.97. The molecule has 2 aliphatic carbocycles. The SMILES string of the molecule is CCOC(=O)N[C@@H]1[C@H]2CC[C@@](C)([C@H]1NC(=O)OCC)C2(C)C. The quantitative estimate of drug-likeness (QED) is 0.836. The lowest BCUT2D eigenvalue weighted by Gasteiger charge is -2.40. The summed E-state index contributed by atoms with van der Waals surface area (Å²) in [6.07, 6.45) is 1.23. The van der Waals surface area contributed by atoms with Crippen molar-refractivity contribution >= 4 is 12.2 Å². The Bertz CT molecular complexity index is 451. The van der Waals surface area contributed by atoms with Crippen LogP contribution in [0.4, 0.5) is 9.59 Å². The average molecular weight is 312 g/mol. The van der Waals surface area contributed by atoms with E-state index >= 15 is 0 Å². The predicted octanol–water partition coefficient (Wildman–Crippen LogP) is 2.67. The van der Waals surface area contributed by atoms with Crippen LogP contribution >= 0.6 is 0 Å². The molecule has 0 aliphatic heterocycles. The van der Waals surface area contributed by atoms with Gasteiger partial charge in [0.25, 0.3) is 0 Å². The Kier molecular flexibility index (Phi) is 4.59. The second-order valence-electron chi connectivity index (χ2n) is 7.02. The molecule has 2 saturated carbocycles. The smallest absolute Gasteiger partial charge is 0.407 e. The van der Waals surface area contributed by atoms with Crippen LogP contribution in [-0.4, -0.2) is 37.5 Å². The van der Waals surface area contributed by atoms with Crippen molar-refractivity contribution in [2.24, 2.45) is 16.7 Å². The van der Waals surface area contributed by atoms with E-state index in [1.165, 1.54) is 0 Å². The molecule has 0 aromatic heterocycles. The highest BCUT2D eigenvalue weighted by Gasteiger charge is 2.67. The number of carbonyl (C=O) groups is 2. The van der Waals surface area contributed by atoms with Crippen LogP contribution < -0.4 is 10.6 Å². The molecule has 6 heteroatoms. The monoisotopic (exact) mass is 312 g/mol. The predicted molar refractivity (Wildman–Crippen MR) is 82.5 cm³/mol. The molecular formula is C16H28N2O4. The molecular weight excluding hydrogens is 284 g/mol. The van der Waals surface area contributed by atoms with Gasteiger partial charge in [-0.1, -0.05) is 20.8 Å². The third kappa shape index (κ3) is 2.52. The molecule has 6 nitrogen and oxygen atoms in total. The lowest BCUT2D eigenvalue weighted by atomic mass is 9.69. The summed E-state index contributed by atoms with van der Waals surface area (Å²) in [5, 5.41) is 5.93. The lowest BCUT2D eigenvalue weighted by molar-refractivity contribution is 0.0992. The van der Waals surface area contributed by atoms with Crippen molar-refractivity contribution in [3.05, 3.63) is 0 Å². The largest absolute Gasteiger partial charge is 0.450 e. The molecule has 0 aromatic carbocycles. The van der Waals surface area contributed by atoms with Gasteiger partial charge >= 0.3 is 12.2 Å².